The van der Waals surface area contributed by atoms with E-state index in [1.165, 1.54) is 11.8 Å². The van der Waals surface area contributed by atoms with Gasteiger partial charge in [0, 0.05) is 17.5 Å². The van der Waals surface area contributed by atoms with Crippen molar-refractivity contribution in [3.8, 4) is 0 Å². The summed E-state index contributed by atoms with van der Waals surface area (Å²) < 4.78 is 0. The molecule has 1 unspecified atom stereocenters. The smallest absolute Gasteiger partial charge is 0.252 e. The van der Waals surface area contributed by atoms with Crippen LogP contribution in [0.5, 0.6) is 0 Å². The normalized spacial score (nSPS) is 18.5. The van der Waals surface area contributed by atoms with E-state index in [4.69, 9.17) is 5.73 Å². The fraction of sp³-hybridized carbons (Fsp3) is 0.429. The minimum Gasteiger partial charge on any atom is -0.369 e. The molecule has 0 saturated carbocycles. The Morgan fingerprint density at radius 1 is 1.40 bits per heavy atom. The van der Waals surface area contributed by atoms with E-state index in [9.17, 15) is 9.59 Å². The molecule has 5 nitrogen and oxygen atoms in total. The SMILES string of the molecule is NC(=O)CSc1ccccc1C(=O)NC1CCCNC1. The van der Waals surface area contributed by atoms with Gasteiger partial charge in [0.1, 0.15) is 0 Å². The van der Waals surface area contributed by atoms with Gasteiger partial charge in [0.25, 0.3) is 5.91 Å². The van der Waals surface area contributed by atoms with E-state index in [0.29, 0.717) is 5.56 Å². The molecule has 2 rings (SSSR count). The first-order chi connectivity index (χ1) is 9.66. The van der Waals surface area contributed by atoms with E-state index < -0.39 is 0 Å². The summed E-state index contributed by atoms with van der Waals surface area (Å²) in [5.41, 5.74) is 5.75. The Balaban J connectivity index is 2.02. The number of nitrogens with two attached hydrogens (primary N) is 1. The Hall–Kier alpha value is -1.53. The van der Waals surface area contributed by atoms with Crippen LogP contribution in [0.25, 0.3) is 0 Å². The lowest BCUT2D eigenvalue weighted by Crippen LogP contribution is -2.45. The van der Waals surface area contributed by atoms with Crippen molar-refractivity contribution in [1.82, 2.24) is 10.6 Å². The van der Waals surface area contributed by atoms with Gasteiger partial charge in [-0.3, -0.25) is 9.59 Å². The number of primary amides is 1. The molecule has 108 valence electrons. The molecule has 1 aromatic rings. The molecule has 1 aliphatic heterocycles. The van der Waals surface area contributed by atoms with Crippen molar-refractivity contribution in [2.75, 3.05) is 18.8 Å². The maximum absolute atomic E-state index is 12.3. The first kappa shape index (κ1) is 14.9. The van der Waals surface area contributed by atoms with Crippen molar-refractivity contribution in [3.63, 3.8) is 0 Å². The Morgan fingerprint density at radius 2 is 2.20 bits per heavy atom. The third kappa shape index (κ3) is 4.25. The van der Waals surface area contributed by atoms with Crippen molar-refractivity contribution >= 4 is 23.6 Å². The van der Waals surface area contributed by atoms with Gasteiger partial charge in [-0.1, -0.05) is 12.1 Å². The molecule has 6 heteroatoms. The number of benzene rings is 1. The molecule has 0 aromatic heterocycles. The second-order valence-electron chi connectivity index (χ2n) is 4.77. The second kappa shape index (κ2) is 7.31. The lowest BCUT2D eigenvalue weighted by molar-refractivity contribution is -0.115. The van der Waals surface area contributed by atoms with Gasteiger partial charge in [-0.2, -0.15) is 0 Å². The van der Waals surface area contributed by atoms with Crippen LogP contribution < -0.4 is 16.4 Å². The average Bonchev–Trinajstić information content (AvgIpc) is 2.46. The Morgan fingerprint density at radius 3 is 2.90 bits per heavy atom. The number of carbonyl (C=O) groups is 2. The standard InChI is InChI=1S/C14H19N3O2S/c15-13(18)9-20-12-6-2-1-5-11(12)14(19)17-10-4-3-7-16-8-10/h1-2,5-6,10,16H,3-4,7-9H2,(H2,15,18)(H,17,19). The number of thioether (sulfide) groups is 1. The quantitative estimate of drug-likeness (QED) is 0.699. The van der Waals surface area contributed by atoms with E-state index in [-0.39, 0.29) is 23.6 Å². The van der Waals surface area contributed by atoms with Crippen LogP contribution in [0, 0.1) is 0 Å². The van der Waals surface area contributed by atoms with Crippen LogP contribution in [0.2, 0.25) is 0 Å². The van der Waals surface area contributed by atoms with Gasteiger partial charge in [-0.05, 0) is 31.5 Å². The molecule has 20 heavy (non-hydrogen) atoms. The predicted octanol–water partition coefficient (Wildman–Crippen LogP) is 0.746. The summed E-state index contributed by atoms with van der Waals surface area (Å²) in [5.74, 6) is -0.303. The summed E-state index contributed by atoms with van der Waals surface area (Å²) >= 11 is 1.29. The largest absolute Gasteiger partial charge is 0.369 e. The van der Waals surface area contributed by atoms with Crippen molar-refractivity contribution in [1.29, 1.82) is 0 Å². The number of carbonyl (C=O) groups excluding carboxylic acids is 2. The molecule has 0 radical (unpaired) electrons. The number of nitrogens with one attached hydrogen (secondary N) is 2. The molecular formula is C14H19N3O2S. The molecule has 1 aliphatic rings. The van der Waals surface area contributed by atoms with E-state index in [2.05, 4.69) is 10.6 Å². The maximum atomic E-state index is 12.3. The van der Waals surface area contributed by atoms with Gasteiger partial charge in [-0.15, -0.1) is 11.8 Å². The molecule has 0 bridgehead atoms. The molecule has 1 aromatic carbocycles. The van der Waals surface area contributed by atoms with Crippen molar-refractivity contribution in [2.45, 2.75) is 23.8 Å². The highest BCUT2D eigenvalue weighted by Gasteiger charge is 2.18. The summed E-state index contributed by atoms with van der Waals surface area (Å²) in [6, 6.07) is 7.45. The molecule has 0 spiro atoms. The lowest BCUT2D eigenvalue weighted by Gasteiger charge is -2.24. The van der Waals surface area contributed by atoms with Gasteiger partial charge in [-0.25, -0.2) is 0 Å². The van der Waals surface area contributed by atoms with Crippen molar-refractivity contribution in [3.05, 3.63) is 29.8 Å². The van der Waals surface area contributed by atoms with Crippen LogP contribution >= 0.6 is 11.8 Å². The number of amides is 2. The van der Waals surface area contributed by atoms with E-state index in [1.807, 2.05) is 18.2 Å². The van der Waals surface area contributed by atoms with E-state index in [0.717, 1.165) is 30.8 Å². The van der Waals surface area contributed by atoms with Gasteiger partial charge >= 0.3 is 0 Å². The number of piperidine rings is 1. The minimum atomic E-state index is -0.387. The maximum Gasteiger partial charge on any atom is 0.252 e. The summed E-state index contributed by atoms with van der Waals surface area (Å²) in [6.45, 7) is 1.82. The molecule has 4 N–H and O–H groups in total. The highest BCUT2D eigenvalue weighted by Crippen LogP contribution is 2.22. The first-order valence-corrected chi connectivity index (χ1v) is 7.67. The number of rotatable bonds is 5. The summed E-state index contributed by atoms with van der Waals surface area (Å²) in [5, 5.41) is 6.30. The molecule has 2 amide bonds. The van der Waals surface area contributed by atoms with Crippen LogP contribution in [0.1, 0.15) is 23.2 Å². The molecule has 1 fully saturated rings. The first-order valence-electron chi connectivity index (χ1n) is 6.68. The molecular weight excluding hydrogens is 274 g/mol. The summed E-state index contributed by atoms with van der Waals surface area (Å²) in [7, 11) is 0. The molecule has 0 aliphatic carbocycles. The highest BCUT2D eigenvalue weighted by molar-refractivity contribution is 8.00. The van der Waals surface area contributed by atoms with Crippen LogP contribution in [-0.2, 0) is 4.79 Å². The van der Waals surface area contributed by atoms with Gasteiger partial charge in [0.15, 0.2) is 0 Å². The zero-order chi connectivity index (χ0) is 14.4. The molecule has 1 saturated heterocycles. The van der Waals surface area contributed by atoms with Crippen LogP contribution in [0.3, 0.4) is 0 Å². The Bertz CT molecular complexity index is 487. The van der Waals surface area contributed by atoms with Crippen molar-refractivity contribution in [2.24, 2.45) is 5.73 Å². The van der Waals surface area contributed by atoms with Gasteiger partial charge < -0.3 is 16.4 Å². The molecule has 1 heterocycles. The fourth-order valence-electron chi connectivity index (χ4n) is 2.17. The third-order valence-electron chi connectivity index (χ3n) is 3.13. The van der Waals surface area contributed by atoms with Gasteiger partial charge in [0.2, 0.25) is 5.91 Å². The topological polar surface area (TPSA) is 84.2 Å². The van der Waals surface area contributed by atoms with Gasteiger partial charge in [0.05, 0.1) is 11.3 Å². The van der Waals surface area contributed by atoms with Crippen LogP contribution in [-0.4, -0.2) is 36.7 Å². The van der Waals surface area contributed by atoms with Crippen LogP contribution in [0.4, 0.5) is 0 Å². The monoisotopic (exact) mass is 293 g/mol. The zero-order valence-corrected chi connectivity index (χ0v) is 12.0. The third-order valence-corrected chi connectivity index (χ3v) is 4.23. The van der Waals surface area contributed by atoms with E-state index in [1.54, 1.807) is 6.07 Å². The van der Waals surface area contributed by atoms with E-state index >= 15 is 0 Å². The average molecular weight is 293 g/mol. The second-order valence-corrected chi connectivity index (χ2v) is 5.79. The zero-order valence-electron chi connectivity index (χ0n) is 11.2. The lowest BCUT2D eigenvalue weighted by atomic mass is 10.1. The Labute approximate surface area is 122 Å². The summed E-state index contributed by atoms with van der Waals surface area (Å²) in [4.78, 5) is 24.0. The highest BCUT2D eigenvalue weighted by atomic mass is 32.2. The predicted molar refractivity (Wildman–Crippen MR) is 79.7 cm³/mol. The fourth-order valence-corrected chi connectivity index (χ4v) is 2.96. The number of hydrogen-bond donors (Lipinski definition) is 3. The van der Waals surface area contributed by atoms with Crippen molar-refractivity contribution < 1.29 is 9.59 Å². The molecule has 1 atom stereocenters. The summed E-state index contributed by atoms with van der Waals surface area (Å²) in [6.07, 6.45) is 2.07. The Kier molecular flexibility index (Phi) is 5.43. The minimum absolute atomic E-state index is 0.0914. The van der Waals surface area contributed by atoms with Crippen LogP contribution in [0.15, 0.2) is 29.2 Å². The number of hydrogen-bond acceptors (Lipinski definition) is 4.